The third-order valence-electron chi connectivity index (χ3n) is 2.59. The highest BCUT2D eigenvalue weighted by Crippen LogP contribution is 2.22. The SMILES string of the molecule is CCCN(C)C1CCCC1O. The lowest BCUT2D eigenvalue weighted by Crippen LogP contribution is -2.37. The second kappa shape index (κ2) is 4.07. The molecule has 0 amide bonds. The maximum Gasteiger partial charge on any atom is 0.0695 e. The summed E-state index contributed by atoms with van der Waals surface area (Å²) in [7, 11) is 2.11. The topological polar surface area (TPSA) is 23.5 Å². The second-order valence-corrected chi connectivity index (χ2v) is 3.55. The van der Waals surface area contributed by atoms with Crippen molar-refractivity contribution in [1.82, 2.24) is 4.90 Å². The smallest absolute Gasteiger partial charge is 0.0695 e. The number of hydrogen-bond acceptors (Lipinski definition) is 2. The Kier molecular flexibility index (Phi) is 3.34. The van der Waals surface area contributed by atoms with E-state index in [4.69, 9.17) is 0 Å². The summed E-state index contributed by atoms with van der Waals surface area (Å²) >= 11 is 0. The van der Waals surface area contributed by atoms with Crippen molar-refractivity contribution in [2.24, 2.45) is 0 Å². The van der Waals surface area contributed by atoms with E-state index in [1.54, 1.807) is 0 Å². The van der Waals surface area contributed by atoms with Crippen molar-refractivity contribution in [1.29, 1.82) is 0 Å². The van der Waals surface area contributed by atoms with Crippen LogP contribution in [0.4, 0.5) is 0 Å². The van der Waals surface area contributed by atoms with Gasteiger partial charge in [-0.3, -0.25) is 0 Å². The fourth-order valence-electron chi connectivity index (χ4n) is 1.95. The lowest BCUT2D eigenvalue weighted by Gasteiger charge is -2.26. The van der Waals surface area contributed by atoms with E-state index in [0.29, 0.717) is 6.04 Å². The van der Waals surface area contributed by atoms with E-state index >= 15 is 0 Å². The van der Waals surface area contributed by atoms with Crippen molar-refractivity contribution >= 4 is 0 Å². The first kappa shape index (κ1) is 9.01. The van der Waals surface area contributed by atoms with Crippen molar-refractivity contribution < 1.29 is 5.11 Å². The Morgan fingerprint density at radius 3 is 2.64 bits per heavy atom. The fraction of sp³-hybridized carbons (Fsp3) is 1.00. The molecule has 0 bridgehead atoms. The van der Waals surface area contributed by atoms with Gasteiger partial charge in [-0.05, 0) is 39.3 Å². The molecule has 0 aromatic carbocycles. The van der Waals surface area contributed by atoms with Crippen LogP contribution in [0.15, 0.2) is 0 Å². The molecule has 2 nitrogen and oxygen atoms in total. The molecule has 1 N–H and O–H groups in total. The van der Waals surface area contributed by atoms with Crippen LogP contribution in [0.3, 0.4) is 0 Å². The fourth-order valence-corrected chi connectivity index (χ4v) is 1.95. The number of rotatable bonds is 3. The molecule has 1 fully saturated rings. The van der Waals surface area contributed by atoms with Crippen LogP contribution in [-0.4, -0.2) is 35.7 Å². The van der Waals surface area contributed by atoms with Gasteiger partial charge in [0.05, 0.1) is 6.10 Å². The van der Waals surface area contributed by atoms with Crippen molar-refractivity contribution in [2.45, 2.75) is 44.8 Å². The summed E-state index contributed by atoms with van der Waals surface area (Å²) < 4.78 is 0. The van der Waals surface area contributed by atoms with Gasteiger partial charge in [-0.15, -0.1) is 0 Å². The van der Waals surface area contributed by atoms with Crippen molar-refractivity contribution in [3.63, 3.8) is 0 Å². The number of likely N-dealkylation sites (N-methyl/N-ethyl adjacent to an activating group) is 1. The number of aliphatic hydroxyl groups is 1. The number of hydrogen-bond donors (Lipinski definition) is 1. The zero-order chi connectivity index (χ0) is 8.27. The summed E-state index contributed by atoms with van der Waals surface area (Å²) in [5.41, 5.74) is 0. The Labute approximate surface area is 69.2 Å². The molecule has 0 aromatic heterocycles. The summed E-state index contributed by atoms with van der Waals surface area (Å²) in [6.07, 6.45) is 4.49. The molecule has 2 heteroatoms. The molecule has 1 aliphatic rings. The van der Waals surface area contributed by atoms with E-state index in [-0.39, 0.29) is 6.10 Å². The highest BCUT2D eigenvalue weighted by Gasteiger charge is 2.27. The van der Waals surface area contributed by atoms with Gasteiger partial charge in [0.2, 0.25) is 0 Å². The van der Waals surface area contributed by atoms with Crippen LogP contribution in [0.1, 0.15) is 32.6 Å². The van der Waals surface area contributed by atoms with E-state index in [2.05, 4.69) is 18.9 Å². The van der Waals surface area contributed by atoms with E-state index in [1.807, 2.05) is 0 Å². The lowest BCUT2D eigenvalue weighted by molar-refractivity contribution is 0.0864. The minimum Gasteiger partial charge on any atom is -0.391 e. The lowest BCUT2D eigenvalue weighted by atomic mass is 10.2. The normalized spacial score (nSPS) is 31.6. The predicted octanol–water partition coefficient (Wildman–Crippen LogP) is 1.24. The Hall–Kier alpha value is -0.0800. The van der Waals surface area contributed by atoms with Crippen LogP contribution in [0, 0.1) is 0 Å². The standard InChI is InChI=1S/C9H19NO/c1-3-7-10(2)8-5-4-6-9(8)11/h8-9,11H,3-7H2,1-2H3. The number of aliphatic hydroxyl groups excluding tert-OH is 1. The van der Waals surface area contributed by atoms with E-state index in [1.165, 1.54) is 19.3 Å². The molecule has 66 valence electrons. The highest BCUT2D eigenvalue weighted by atomic mass is 16.3. The molecule has 0 radical (unpaired) electrons. The number of nitrogens with zero attached hydrogens (tertiary/aromatic N) is 1. The highest BCUT2D eigenvalue weighted by molar-refractivity contribution is 4.83. The van der Waals surface area contributed by atoms with Gasteiger partial charge in [-0.25, -0.2) is 0 Å². The summed E-state index contributed by atoms with van der Waals surface area (Å²) in [4.78, 5) is 2.29. The molecule has 2 atom stereocenters. The Morgan fingerprint density at radius 2 is 2.18 bits per heavy atom. The third kappa shape index (κ3) is 2.17. The zero-order valence-electron chi connectivity index (χ0n) is 7.58. The van der Waals surface area contributed by atoms with Crippen LogP contribution < -0.4 is 0 Å². The molecular weight excluding hydrogens is 138 g/mol. The second-order valence-electron chi connectivity index (χ2n) is 3.55. The molecule has 1 rings (SSSR count). The summed E-state index contributed by atoms with van der Waals surface area (Å²) in [6.45, 7) is 3.29. The Bertz CT molecular complexity index is 116. The summed E-state index contributed by atoms with van der Waals surface area (Å²) in [5.74, 6) is 0. The quantitative estimate of drug-likeness (QED) is 0.666. The monoisotopic (exact) mass is 157 g/mol. The van der Waals surface area contributed by atoms with Gasteiger partial charge in [-0.1, -0.05) is 6.92 Å². The van der Waals surface area contributed by atoms with E-state index < -0.39 is 0 Å². The average molecular weight is 157 g/mol. The minimum absolute atomic E-state index is 0.0634. The van der Waals surface area contributed by atoms with E-state index in [9.17, 15) is 5.11 Å². The molecular formula is C9H19NO. The maximum absolute atomic E-state index is 9.54. The van der Waals surface area contributed by atoms with Gasteiger partial charge in [0, 0.05) is 6.04 Å². The molecule has 2 unspecified atom stereocenters. The van der Waals surface area contributed by atoms with Gasteiger partial charge in [0.1, 0.15) is 0 Å². The third-order valence-corrected chi connectivity index (χ3v) is 2.59. The van der Waals surface area contributed by atoms with Gasteiger partial charge in [-0.2, -0.15) is 0 Å². The predicted molar refractivity (Wildman–Crippen MR) is 46.6 cm³/mol. The zero-order valence-corrected chi connectivity index (χ0v) is 7.58. The summed E-state index contributed by atoms with van der Waals surface area (Å²) in [5, 5.41) is 9.54. The molecule has 0 aliphatic heterocycles. The van der Waals surface area contributed by atoms with Gasteiger partial charge >= 0.3 is 0 Å². The van der Waals surface area contributed by atoms with Crippen LogP contribution >= 0.6 is 0 Å². The Balaban J connectivity index is 2.33. The molecule has 11 heavy (non-hydrogen) atoms. The van der Waals surface area contributed by atoms with Crippen molar-refractivity contribution in [3.8, 4) is 0 Å². The van der Waals surface area contributed by atoms with Gasteiger partial charge in [0.25, 0.3) is 0 Å². The maximum atomic E-state index is 9.54. The molecule has 1 saturated carbocycles. The van der Waals surface area contributed by atoms with Crippen LogP contribution in [-0.2, 0) is 0 Å². The van der Waals surface area contributed by atoms with Crippen LogP contribution in [0.25, 0.3) is 0 Å². The van der Waals surface area contributed by atoms with Gasteiger partial charge < -0.3 is 10.0 Å². The molecule has 0 heterocycles. The van der Waals surface area contributed by atoms with E-state index in [0.717, 1.165) is 13.0 Å². The average Bonchev–Trinajstić information content (AvgIpc) is 2.36. The molecule has 0 aromatic rings. The first-order chi connectivity index (χ1) is 5.25. The largest absolute Gasteiger partial charge is 0.391 e. The first-order valence-corrected chi connectivity index (χ1v) is 4.64. The molecule has 0 spiro atoms. The molecule has 1 aliphatic carbocycles. The van der Waals surface area contributed by atoms with Crippen LogP contribution in [0.2, 0.25) is 0 Å². The minimum atomic E-state index is -0.0634. The molecule has 0 saturated heterocycles. The van der Waals surface area contributed by atoms with Crippen molar-refractivity contribution in [3.05, 3.63) is 0 Å². The van der Waals surface area contributed by atoms with Crippen LogP contribution in [0.5, 0.6) is 0 Å². The van der Waals surface area contributed by atoms with Crippen molar-refractivity contribution in [2.75, 3.05) is 13.6 Å². The van der Waals surface area contributed by atoms with Gasteiger partial charge in [0.15, 0.2) is 0 Å². The Morgan fingerprint density at radius 1 is 1.45 bits per heavy atom. The summed E-state index contributed by atoms with van der Waals surface area (Å²) in [6, 6.07) is 0.440. The first-order valence-electron chi connectivity index (χ1n) is 4.64.